The Bertz CT molecular complexity index is 865. The number of amides is 2. The van der Waals surface area contributed by atoms with Crippen LogP contribution in [0.1, 0.15) is 49.2 Å². The number of carbonyl (C=O) groups is 2. The lowest BCUT2D eigenvalue weighted by atomic mass is 10.1. The number of ether oxygens (including phenoxy) is 1. The topological polar surface area (TPSA) is 67.4 Å². The molecule has 0 aliphatic carbocycles. The fourth-order valence-corrected chi connectivity index (χ4v) is 3.43. The molecule has 2 rings (SSSR count). The van der Waals surface area contributed by atoms with Gasteiger partial charge in [-0.3, -0.25) is 9.59 Å². The lowest BCUT2D eigenvalue weighted by Gasteiger charge is -2.22. The van der Waals surface area contributed by atoms with E-state index in [4.69, 9.17) is 4.74 Å². The summed E-state index contributed by atoms with van der Waals surface area (Å²) in [5, 5.41) is 5.73. The molecule has 2 aromatic carbocycles. The van der Waals surface area contributed by atoms with Crippen molar-refractivity contribution >= 4 is 33.4 Å². The summed E-state index contributed by atoms with van der Waals surface area (Å²) < 4.78 is 6.88. The van der Waals surface area contributed by atoms with Crippen LogP contribution in [0.15, 0.2) is 40.9 Å². The zero-order valence-corrected chi connectivity index (χ0v) is 18.7. The van der Waals surface area contributed by atoms with E-state index in [2.05, 4.69) is 26.6 Å². The van der Waals surface area contributed by atoms with Crippen LogP contribution in [-0.4, -0.2) is 23.5 Å². The van der Waals surface area contributed by atoms with Gasteiger partial charge in [0.15, 0.2) is 6.10 Å². The van der Waals surface area contributed by atoms with Crippen LogP contribution in [0.25, 0.3) is 0 Å². The molecule has 2 aromatic rings. The summed E-state index contributed by atoms with van der Waals surface area (Å²) in [4.78, 5) is 25.2. The first-order chi connectivity index (χ1) is 13.0. The van der Waals surface area contributed by atoms with E-state index in [1.807, 2.05) is 46.8 Å². The van der Waals surface area contributed by atoms with Gasteiger partial charge in [-0.05, 0) is 76.9 Å². The number of para-hydroxylation sites is 1. The fourth-order valence-electron chi connectivity index (χ4n) is 2.75. The quantitative estimate of drug-likeness (QED) is 0.678. The molecule has 0 aliphatic rings. The second kappa shape index (κ2) is 8.78. The number of halogens is 1. The maximum Gasteiger partial charge on any atom is 0.265 e. The second-order valence-electron chi connectivity index (χ2n) is 7.87. The highest BCUT2D eigenvalue weighted by molar-refractivity contribution is 9.10. The zero-order chi connectivity index (χ0) is 21.1. The highest BCUT2D eigenvalue weighted by Gasteiger charge is 2.21. The Morgan fingerprint density at radius 3 is 2.21 bits per heavy atom. The Labute approximate surface area is 175 Å². The molecule has 1 atom stereocenters. The van der Waals surface area contributed by atoms with Gasteiger partial charge >= 0.3 is 0 Å². The summed E-state index contributed by atoms with van der Waals surface area (Å²) in [5.74, 6) is 0.124. The third kappa shape index (κ3) is 5.83. The van der Waals surface area contributed by atoms with Crippen LogP contribution in [0, 0.1) is 13.8 Å². The average Bonchev–Trinajstić information content (AvgIpc) is 2.56. The van der Waals surface area contributed by atoms with E-state index < -0.39 is 6.10 Å². The SMILES string of the molecule is Cc1cc(Br)cc(C)c1OC(C)C(=O)Nc1ccccc1C(=O)NC(C)(C)C. The molecule has 0 radical (unpaired) electrons. The number of anilines is 1. The van der Waals surface area contributed by atoms with Gasteiger partial charge in [0.2, 0.25) is 0 Å². The molecule has 0 saturated carbocycles. The van der Waals surface area contributed by atoms with E-state index >= 15 is 0 Å². The second-order valence-corrected chi connectivity index (χ2v) is 8.78. The Hall–Kier alpha value is -2.34. The van der Waals surface area contributed by atoms with E-state index in [9.17, 15) is 9.59 Å². The minimum atomic E-state index is -0.725. The van der Waals surface area contributed by atoms with Crippen LogP contribution in [0.2, 0.25) is 0 Å². The monoisotopic (exact) mass is 446 g/mol. The standard InChI is InChI=1S/C22H27BrN2O3/c1-13-11-16(23)12-14(2)19(13)28-15(3)20(26)24-18-10-8-7-9-17(18)21(27)25-22(4,5)6/h7-12,15H,1-6H3,(H,24,26)(H,25,27). The van der Waals surface area contributed by atoms with Crippen molar-refractivity contribution in [2.45, 2.75) is 53.2 Å². The van der Waals surface area contributed by atoms with Crippen molar-refractivity contribution in [2.24, 2.45) is 0 Å². The highest BCUT2D eigenvalue weighted by atomic mass is 79.9. The smallest absolute Gasteiger partial charge is 0.265 e. The molecular weight excluding hydrogens is 420 g/mol. The first-order valence-corrected chi connectivity index (χ1v) is 9.93. The molecule has 28 heavy (non-hydrogen) atoms. The lowest BCUT2D eigenvalue weighted by Crippen LogP contribution is -2.41. The predicted molar refractivity (Wildman–Crippen MR) is 116 cm³/mol. The summed E-state index contributed by atoms with van der Waals surface area (Å²) in [6.07, 6.45) is -0.725. The van der Waals surface area contributed by atoms with Crippen molar-refractivity contribution in [1.29, 1.82) is 0 Å². The zero-order valence-electron chi connectivity index (χ0n) is 17.1. The molecular formula is C22H27BrN2O3. The van der Waals surface area contributed by atoms with E-state index in [1.54, 1.807) is 31.2 Å². The number of hydrogen-bond acceptors (Lipinski definition) is 3. The van der Waals surface area contributed by atoms with E-state index in [-0.39, 0.29) is 17.4 Å². The number of aryl methyl sites for hydroxylation is 2. The number of nitrogens with one attached hydrogen (secondary N) is 2. The van der Waals surface area contributed by atoms with Gasteiger partial charge in [0, 0.05) is 10.0 Å². The molecule has 0 aromatic heterocycles. The minimum absolute atomic E-state index is 0.239. The van der Waals surface area contributed by atoms with Crippen molar-refractivity contribution in [3.63, 3.8) is 0 Å². The van der Waals surface area contributed by atoms with Gasteiger partial charge in [0.25, 0.3) is 11.8 Å². The van der Waals surface area contributed by atoms with Crippen LogP contribution >= 0.6 is 15.9 Å². The summed E-state index contributed by atoms with van der Waals surface area (Å²) in [6.45, 7) is 11.3. The minimum Gasteiger partial charge on any atom is -0.480 e. The average molecular weight is 447 g/mol. The van der Waals surface area contributed by atoms with Crippen molar-refractivity contribution in [2.75, 3.05) is 5.32 Å². The fraction of sp³-hybridized carbons (Fsp3) is 0.364. The number of hydrogen-bond donors (Lipinski definition) is 2. The first kappa shape index (κ1) is 22.0. The Kier molecular flexibility index (Phi) is 6.88. The molecule has 0 aliphatic heterocycles. The summed E-state index contributed by atoms with van der Waals surface area (Å²) in [6, 6.07) is 10.8. The first-order valence-electron chi connectivity index (χ1n) is 9.14. The maximum absolute atomic E-state index is 12.7. The van der Waals surface area contributed by atoms with Gasteiger partial charge in [-0.25, -0.2) is 0 Å². The number of rotatable bonds is 5. The van der Waals surface area contributed by atoms with Crippen LogP contribution in [-0.2, 0) is 4.79 Å². The third-order valence-electron chi connectivity index (χ3n) is 4.01. The number of benzene rings is 2. The van der Waals surface area contributed by atoms with Gasteiger partial charge in [-0.1, -0.05) is 28.1 Å². The van der Waals surface area contributed by atoms with Crippen molar-refractivity contribution in [3.8, 4) is 5.75 Å². The maximum atomic E-state index is 12.7. The Balaban J connectivity index is 2.16. The van der Waals surface area contributed by atoms with E-state index in [0.29, 0.717) is 17.0 Å². The molecule has 0 spiro atoms. The van der Waals surface area contributed by atoms with Crippen molar-refractivity contribution < 1.29 is 14.3 Å². The third-order valence-corrected chi connectivity index (χ3v) is 4.46. The van der Waals surface area contributed by atoms with Gasteiger partial charge in [-0.2, -0.15) is 0 Å². The molecule has 0 fully saturated rings. The Morgan fingerprint density at radius 1 is 1.07 bits per heavy atom. The Morgan fingerprint density at radius 2 is 1.64 bits per heavy atom. The molecule has 1 unspecified atom stereocenters. The summed E-state index contributed by atoms with van der Waals surface area (Å²) >= 11 is 3.46. The van der Waals surface area contributed by atoms with Gasteiger partial charge in [0.05, 0.1) is 11.3 Å². The molecule has 2 amide bonds. The molecule has 0 bridgehead atoms. The van der Waals surface area contributed by atoms with E-state index in [1.165, 1.54) is 0 Å². The number of carbonyl (C=O) groups excluding carboxylic acids is 2. The molecule has 2 N–H and O–H groups in total. The molecule has 0 saturated heterocycles. The van der Waals surface area contributed by atoms with Gasteiger partial charge in [0.1, 0.15) is 5.75 Å². The van der Waals surface area contributed by atoms with Crippen molar-refractivity contribution in [3.05, 3.63) is 57.6 Å². The van der Waals surface area contributed by atoms with Crippen LogP contribution in [0.4, 0.5) is 5.69 Å². The lowest BCUT2D eigenvalue weighted by molar-refractivity contribution is -0.122. The summed E-state index contributed by atoms with van der Waals surface area (Å²) in [7, 11) is 0. The van der Waals surface area contributed by atoms with E-state index in [0.717, 1.165) is 15.6 Å². The molecule has 150 valence electrons. The molecule has 6 heteroatoms. The molecule has 5 nitrogen and oxygen atoms in total. The molecule has 0 heterocycles. The van der Waals surface area contributed by atoms with Crippen LogP contribution in [0.5, 0.6) is 5.75 Å². The normalized spacial score (nSPS) is 12.2. The van der Waals surface area contributed by atoms with Gasteiger partial charge in [-0.15, -0.1) is 0 Å². The largest absolute Gasteiger partial charge is 0.480 e. The van der Waals surface area contributed by atoms with Crippen molar-refractivity contribution in [1.82, 2.24) is 5.32 Å². The van der Waals surface area contributed by atoms with Crippen LogP contribution < -0.4 is 15.4 Å². The van der Waals surface area contributed by atoms with Crippen LogP contribution in [0.3, 0.4) is 0 Å². The predicted octanol–water partition coefficient (Wildman–Crippen LogP) is 5.00. The summed E-state index contributed by atoms with van der Waals surface area (Å²) in [5.41, 5.74) is 2.37. The van der Waals surface area contributed by atoms with Gasteiger partial charge < -0.3 is 15.4 Å². The highest BCUT2D eigenvalue weighted by Crippen LogP contribution is 2.28.